The zero-order valence-corrected chi connectivity index (χ0v) is 4.78. The van der Waals surface area contributed by atoms with Gasteiger partial charge in [0.2, 0.25) is 0 Å². The summed E-state index contributed by atoms with van der Waals surface area (Å²) in [5.41, 5.74) is 6.10. The van der Waals surface area contributed by atoms with Crippen molar-refractivity contribution in [2.45, 2.75) is 0 Å². The Morgan fingerprint density at radius 3 is 2.88 bits per heavy atom. The molecule has 1 saturated heterocycles. The van der Waals surface area contributed by atoms with E-state index < -0.39 is 0 Å². The summed E-state index contributed by atoms with van der Waals surface area (Å²) >= 11 is 0. The average molecular weight is 113 g/mol. The largest absolute Gasteiger partial charge is 0.330 e. The molecule has 0 aromatic heterocycles. The number of hydrogen-bond acceptors (Lipinski definition) is 3. The van der Waals surface area contributed by atoms with Crippen LogP contribution in [0.5, 0.6) is 0 Å². The van der Waals surface area contributed by atoms with Crippen LogP contribution in [-0.4, -0.2) is 25.3 Å². The van der Waals surface area contributed by atoms with Crippen LogP contribution in [0.3, 0.4) is 0 Å². The summed E-state index contributed by atoms with van der Waals surface area (Å²) in [5.74, 6) is 0.315. The molecular formula is C5H11N3. The summed E-state index contributed by atoms with van der Waals surface area (Å²) < 4.78 is 0. The predicted molar refractivity (Wildman–Crippen MR) is 33.1 cm³/mol. The summed E-state index contributed by atoms with van der Waals surface area (Å²) in [6, 6.07) is 0. The Hall–Kier alpha value is -0.410. The van der Waals surface area contributed by atoms with Crippen LogP contribution in [-0.2, 0) is 0 Å². The van der Waals surface area contributed by atoms with E-state index in [2.05, 4.69) is 5.32 Å². The molecule has 1 heterocycles. The molecule has 1 aliphatic heterocycles. The van der Waals surface area contributed by atoms with E-state index in [0.717, 1.165) is 18.8 Å². The molecule has 4 N–H and O–H groups in total. The molecule has 1 unspecified atom stereocenters. The summed E-state index contributed by atoms with van der Waals surface area (Å²) in [6.07, 6.45) is 0. The summed E-state index contributed by atoms with van der Waals surface area (Å²) in [4.78, 5) is 0. The van der Waals surface area contributed by atoms with Crippen molar-refractivity contribution in [2.75, 3.05) is 19.6 Å². The fourth-order valence-electron chi connectivity index (χ4n) is 0.874. The first-order valence-electron chi connectivity index (χ1n) is 2.82. The van der Waals surface area contributed by atoms with E-state index in [1.54, 1.807) is 0 Å². The lowest BCUT2D eigenvalue weighted by Gasteiger charge is -2.00. The SMILES string of the molecule is N=C1CNCC1CN. The lowest BCUT2D eigenvalue weighted by atomic mass is 10.1. The highest BCUT2D eigenvalue weighted by Crippen LogP contribution is 1.99. The van der Waals surface area contributed by atoms with Crippen LogP contribution in [0.4, 0.5) is 0 Å². The third-order valence-electron chi connectivity index (χ3n) is 1.48. The molecule has 0 spiro atoms. The standard InChI is InChI=1S/C5H11N3/c6-1-4-2-8-3-5(4)7/h4,7-8H,1-3,6H2. The van der Waals surface area contributed by atoms with Gasteiger partial charge in [0.25, 0.3) is 0 Å². The second kappa shape index (κ2) is 2.24. The van der Waals surface area contributed by atoms with E-state index in [1.165, 1.54) is 0 Å². The predicted octanol–water partition coefficient (Wildman–Crippen LogP) is -0.816. The van der Waals surface area contributed by atoms with Crippen LogP contribution < -0.4 is 11.1 Å². The molecule has 1 atom stereocenters. The van der Waals surface area contributed by atoms with Gasteiger partial charge in [-0.15, -0.1) is 0 Å². The zero-order valence-electron chi connectivity index (χ0n) is 4.78. The third-order valence-corrected chi connectivity index (χ3v) is 1.48. The topological polar surface area (TPSA) is 61.9 Å². The monoisotopic (exact) mass is 113 g/mol. The highest BCUT2D eigenvalue weighted by molar-refractivity contribution is 5.87. The zero-order chi connectivity index (χ0) is 5.98. The second-order valence-corrected chi connectivity index (χ2v) is 2.09. The molecule has 1 rings (SSSR count). The first-order valence-corrected chi connectivity index (χ1v) is 2.82. The van der Waals surface area contributed by atoms with E-state index >= 15 is 0 Å². The molecule has 0 aromatic carbocycles. The van der Waals surface area contributed by atoms with Crippen molar-refractivity contribution in [3.63, 3.8) is 0 Å². The molecule has 3 heteroatoms. The van der Waals surface area contributed by atoms with Crippen molar-refractivity contribution in [3.8, 4) is 0 Å². The summed E-state index contributed by atoms with van der Waals surface area (Å²) in [6.45, 7) is 2.25. The first-order chi connectivity index (χ1) is 3.84. The molecule has 0 bridgehead atoms. The highest BCUT2D eigenvalue weighted by Gasteiger charge is 2.17. The fraction of sp³-hybridized carbons (Fsp3) is 0.800. The minimum Gasteiger partial charge on any atom is -0.330 e. The maximum absolute atomic E-state index is 7.26. The van der Waals surface area contributed by atoms with Crippen LogP contribution in [0.15, 0.2) is 0 Å². The van der Waals surface area contributed by atoms with E-state index in [1.807, 2.05) is 0 Å². The number of hydrogen-bond donors (Lipinski definition) is 3. The molecule has 3 nitrogen and oxygen atoms in total. The molecule has 0 aromatic rings. The minimum absolute atomic E-state index is 0.315. The van der Waals surface area contributed by atoms with Gasteiger partial charge >= 0.3 is 0 Å². The maximum Gasteiger partial charge on any atom is 0.0336 e. The molecule has 1 aliphatic rings. The van der Waals surface area contributed by atoms with Crippen LogP contribution in [0.1, 0.15) is 0 Å². The van der Waals surface area contributed by atoms with E-state index in [9.17, 15) is 0 Å². The first kappa shape index (κ1) is 5.72. The van der Waals surface area contributed by atoms with Crippen LogP contribution in [0.2, 0.25) is 0 Å². The van der Waals surface area contributed by atoms with Crippen molar-refractivity contribution in [1.82, 2.24) is 5.32 Å². The normalized spacial score (nSPS) is 29.1. The number of nitrogens with one attached hydrogen (secondary N) is 2. The molecule has 0 amide bonds. The van der Waals surface area contributed by atoms with Crippen LogP contribution in [0, 0.1) is 11.3 Å². The Balaban J connectivity index is 2.42. The molecule has 0 radical (unpaired) electrons. The molecule has 1 fully saturated rings. The Bertz CT molecular complexity index is 99.8. The molecule has 0 saturated carbocycles. The summed E-state index contributed by atoms with van der Waals surface area (Å²) in [5, 5.41) is 10.3. The van der Waals surface area contributed by atoms with Gasteiger partial charge in [0.05, 0.1) is 0 Å². The van der Waals surface area contributed by atoms with Crippen LogP contribution in [0.25, 0.3) is 0 Å². The smallest absolute Gasteiger partial charge is 0.0336 e. The lowest BCUT2D eigenvalue weighted by molar-refractivity contribution is 0.690. The van der Waals surface area contributed by atoms with Gasteiger partial charge < -0.3 is 16.5 Å². The van der Waals surface area contributed by atoms with Crippen molar-refractivity contribution < 1.29 is 0 Å². The Kier molecular flexibility index (Phi) is 1.60. The van der Waals surface area contributed by atoms with Crippen molar-refractivity contribution in [1.29, 1.82) is 5.41 Å². The Morgan fingerprint density at radius 2 is 2.62 bits per heavy atom. The molecule has 46 valence electrons. The van der Waals surface area contributed by atoms with Crippen molar-refractivity contribution in [3.05, 3.63) is 0 Å². The van der Waals surface area contributed by atoms with Crippen molar-refractivity contribution in [2.24, 2.45) is 11.7 Å². The average Bonchev–Trinajstić information content (AvgIpc) is 2.14. The van der Waals surface area contributed by atoms with Gasteiger partial charge in [-0.05, 0) is 0 Å². The number of nitrogens with two attached hydrogens (primary N) is 1. The third kappa shape index (κ3) is 0.877. The van der Waals surface area contributed by atoms with Gasteiger partial charge in [0.1, 0.15) is 0 Å². The van der Waals surface area contributed by atoms with Gasteiger partial charge in [-0.2, -0.15) is 0 Å². The fourth-order valence-corrected chi connectivity index (χ4v) is 0.874. The van der Waals surface area contributed by atoms with Gasteiger partial charge in [-0.1, -0.05) is 0 Å². The molecule has 8 heavy (non-hydrogen) atoms. The number of rotatable bonds is 1. The highest BCUT2D eigenvalue weighted by atomic mass is 14.9. The minimum atomic E-state index is 0.315. The van der Waals surface area contributed by atoms with Gasteiger partial charge in [-0.3, -0.25) is 0 Å². The van der Waals surface area contributed by atoms with Crippen molar-refractivity contribution >= 4 is 5.71 Å². The van der Waals surface area contributed by atoms with E-state index in [-0.39, 0.29) is 0 Å². The maximum atomic E-state index is 7.26. The quantitative estimate of drug-likeness (QED) is 0.416. The van der Waals surface area contributed by atoms with Gasteiger partial charge in [0.15, 0.2) is 0 Å². The molecular weight excluding hydrogens is 102 g/mol. The Labute approximate surface area is 48.8 Å². The van der Waals surface area contributed by atoms with E-state index in [0.29, 0.717) is 12.5 Å². The van der Waals surface area contributed by atoms with Crippen LogP contribution >= 0.6 is 0 Å². The molecule has 0 aliphatic carbocycles. The van der Waals surface area contributed by atoms with Gasteiger partial charge in [0, 0.05) is 31.3 Å². The van der Waals surface area contributed by atoms with Gasteiger partial charge in [-0.25, -0.2) is 0 Å². The Morgan fingerprint density at radius 1 is 1.88 bits per heavy atom. The lowest BCUT2D eigenvalue weighted by Crippen LogP contribution is -2.21. The second-order valence-electron chi connectivity index (χ2n) is 2.09. The van der Waals surface area contributed by atoms with E-state index in [4.69, 9.17) is 11.1 Å². The summed E-state index contributed by atoms with van der Waals surface area (Å²) in [7, 11) is 0.